The van der Waals surface area contributed by atoms with Gasteiger partial charge in [-0.2, -0.15) is 0 Å². The van der Waals surface area contributed by atoms with Crippen LogP contribution in [0, 0.1) is 0 Å². The van der Waals surface area contributed by atoms with E-state index in [9.17, 15) is 0 Å². The van der Waals surface area contributed by atoms with Crippen LogP contribution in [-0.2, 0) is 0 Å². The fraction of sp³-hybridized carbons (Fsp3) is 1.00. The highest BCUT2D eigenvalue weighted by molar-refractivity contribution is 4.58. The summed E-state index contributed by atoms with van der Waals surface area (Å²) in [4.78, 5) is 2.13. The van der Waals surface area contributed by atoms with Gasteiger partial charge in [0.15, 0.2) is 0 Å². The van der Waals surface area contributed by atoms with E-state index in [4.69, 9.17) is 10.8 Å². The van der Waals surface area contributed by atoms with E-state index in [0.717, 1.165) is 19.6 Å². The van der Waals surface area contributed by atoms with Crippen LogP contribution in [0.2, 0.25) is 0 Å². The molecule has 0 aromatic carbocycles. The highest BCUT2D eigenvalue weighted by Crippen LogP contribution is 1.89. The summed E-state index contributed by atoms with van der Waals surface area (Å²) >= 11 is 0. The van der Waals surface area contributed by atoms with Crippen molar-refractivity contribution in [2.45, 2.75) is 20.0 Å². The van der Waals surface area contributed by atoms with Gasteiger partial charge in [-0.25, -0.2) is 0 Å². The van der Waals surface area contributed by atoms with Crippen LogP contribution < -0.4 is 5.73 Å². The molecule has 0 bridgehead atoms. The first-order valence-electron chi connectivity index (χ1n) is 3.81. The van der Waals surface area contributed by atoms with Crippen LogP contribution in [0.15, 0.2) is 0 Å². The van der Waals surface area contributed by atoms with Gasteiger partial charge in [-0.05, 0) is 13.5 Å². The van der Waals surface area contributed by atoms with Crippen LogP contribution in [0.1, 0.15) is 13.8 Å². The second-order valence-electron chi connectivity index (χ2n) is 2.53. The Balaban J connectivity index is 3.39. The van der Waals surface area contributed by atoms with Crippen molar-refractivity contribution < 1.29 is 5.11 Å². The molecular formula is C7H18N2O. The summed E-state index contributed by atoms with van der Waals surface area (Å²) in [6, 6.07) is 0. The first kappa shape index (κ1) is 9.88. The quantitative estimate of drug-likeness (QED) is 0.557. The number of likely N-dealkylation sites (N-methyl/N-ethyl adjacent to an activating group) is 1. The zero-order valence-corrected chi connectivity index (χ0v) is 6.88. The summed E-state index contributed by atoms with van der Waals surface area (Å²) < 4.78 is 0. The van der Waals surface area contributed by atoms with Crippen molar-refractivity contribution in [3.63, 3.8) is 0 Å². The third-order valence-electron chi connectivity index (χ3n) is 1.41. The van der Waals surface area contributed by atoms with Crippen molar-refractivity contribution in [1.29, 1.82) is 0 Å². The summed E-state index contributed by atoms with van der Waals surface area (Å²) in [6.45, 7) is 7.09. The van der Waals surface area contributed by atoms with Crippen molar-refractivity contribution in [1.82, 2.24) is 4.90 Å². The van der Waals surface area contributed by atoms with Gasteiger partial charge >= 0.3 is 0 Å². The molecule has 0 aliphatic rings. The van der Waals surface area contributed by atoms with Gasteiger partial charge in [0.25, 0.3) is 0 Å². The maximum Gasteiger partial charge on any atom is 0.0639 e. The number of nitrogens with zero attached hydrogens (tertiary/aromatic N) is 1. The van der Waals surface area contributed by atoms with E-state index in [0.29, 0.717) is 6.54 Å². The largest absolute Gasteiger partial charge is 0.392 e. The van der Waals surface area contributed by atoms with Gasteiger partial charge in [-0.1, -0.05) is 6.92 Å². The number of aliphatic hydroxyl groups excluding tert-OH is 1. The molecule has 1 atom stereocenters. The van der Waals surface area contributed by atoms with Gasteiger partial charge in [0, 0.05) is 19.6 Å². The molecule has 0 saturated heterocycles. The molecule has 0 aliphatic carbocycles. The smallest absolute Gasteiger partial charge is 0.0639 e. The van der Waals surface area contributed by atoms with Gasteiger partial charge < -0.3 is 10.8 Å². The van der Waals surface area contributed by atoms with Crippen LogP contribution in [-0.4, -0.2) is 42.3 Å². The van der Waals surface area contributed by atoms with Crippen LogP contribution in [0.5, 0.6) is 0 Å². The van der Waals surface area contributed by atoms with Gasteiger partial charge in [-0.3, -0.25) is 4.90 Å². The maximum absolute atomic E-state index is 9.00. The minimum absolute atomic E-state index is 0.244. The van der Waals surface area contributed by atoms with Gasteiger partial charge in [0.1, 0.15) is 0 Å². The molecule has 0 heterocycles. The van der Waals surface area contributed by atoms with Crippen molar-refractivity contribution in [3.8, 4) is 0 Å². The summed E-state index contributed by atoms with van der Waals surface area (Å²) in [5.41, 5.74) is 5.36. The standard InChI is InChI=1S/C7H18N2O/c1-3-9(5-4-8)6-7(2)10/h7,10H,3-6,8H2,1-2H3/t7-/m1/s1. The minimum atomic E-state index is -0.244. The Labute approximate surface area is 62.8 Å². The number of hydrogen-bond donors (Lipinski definition) is 2. The van der Waals surface area contributed by atoms with E-state index in [1.54, 1.807) is 6.92 Å². The molecule has 0 spiro atoms. The predicted octanol–water partition coefficient (Wildman–Crippen LogP) is -0.352. The Hall–Kier alpha value is -0.120. The molecule has 0 amide bonds. The van der Waals surface area contributed by atoms with Crippen LogP contribution in [0.4, 0.5) is 0 Å². The number of hydrogen-bond acceptors (Lipinski definition) is 3. The van der Waals surface area contributed by atoms with Crippen LogP contribution in [0.25, 0.3) is 0 Å². The normalized spacial score (nSPS) is 14.1. The topological polar surface area (TPSA) is 49.5 Å². The number of rotatable bonds is 5. The summed E-state index contributed by atoms with van der Waals surface area (Å²) in [5, 5.41) is 9.00. The lowest BCUT2D eigenvalue weighted by Gasteiger charge is -2.20. The summed E-state index contributed by atoms with van der Waals surface area (Å²) in [6.07, 6.45) is -0.244. The van der Waals surface area contributed by atoms with E-state index in [1.165, 1.54) is 0 Å². The fourth-order valence-corrected chi connectivity index (χ4v) is 0.935. The Morgan fingerprint density at radius 2 is 2.20 bits per heavy atom. The molecule has 0 saturated carbocycles. The molecule has 0 rings (SSSR count). The average molecular weight is 146 g/mol. The molecular weight excluding hydrogens is 128 g/mol. The lowest BCUT2D eigenvalue weighted by atomic mass is 10.3. The van der Waals surface area contributed by atoms with E-state index in [1.807, 2.05) is 0 Å². The third-order valence-corrected chi connectivity index (χ3v) is 1.41. The van der Waals surface area contributed by atoms with Crippen molar-refractivity contribution in [3.05, 3.63) is 0 Å². The molecule has 0 radical (unpaired) electrons. The predicted molar refractivity (Wildman–Crippen MR) is 42.8 cm³/mol. The molecule has 10 heavy (non-hydrogen) atoms. The molecule has 0 fully saturated rings. The molecule has 62 valence electrons. The summed E-state index contributed by atoms with van der Waals surface area (Å²) in [5.74, 6) is 0. The highest BCUT2D eigenvalue weighted by atomic mass is 16.3. The second-order valence-corrected chi connectivity index (χ2v) is 2.53. The molecule has 3 heteroatoms. The van der Waals surface area contributed by atoms with E-state index in [-0.39, 0.29) is 6.10 Å². The first-order valence-corrected chi connectivity index (χ1v) is 3.81. The number of aliphatic hydroxyl groups is 1. The van der Waals surface area contributed by atoms with Crippen LogP contribution >= 0.6 is 0 Å². The maximum atomic E-state index is 9.00. The lowest BCUT2D eigenvalue weighted by Crippen LogP contribution is -2.34. The monoisotopic (exact) mass is 146 g/mol. The Morgan fingerprint density at radius 3 is 2.50 bits per heavy atom. The lowest BCUT2D eigenvalue weighted by molar-refractivity contribution is 0.132. The Morgan fingerprint density at radius 1 is 1.60 bits per heavy atom. The molecule has 0 aromatic rings. The molecule has 3 nitrogen and oxygen atoms in total. The zero-order valence-electron chi connectivity index (χ0n) is 6.88. The molecule has 0 aliphatic heterocycles. The van der Waals surface area contributed by atoms with Gasteiger partial charge in [0.2, 0.25) is 0 Å². The second kappa shape index (κ2) is 5.65. The van der Waals surface area contributed by atoms with E-state index < -0.39 is 0 Å². The van der Waals surface area contributed by atoms with Gasteiger partial charge in [-0.15, -0.1) is 0 Å². The highest BCUT2D eigenvalue weighted by Gasteiger charge is 2.03. The van der Waals surface area contributed by atoms with Crippen molar-refractivity contribution in [2.75, 3.05) is 26.2 Å². The Kier molecular flexibility index (Phi) is 5.58. The van der Waals surface area contributed by atoms with Crippen LogP contribution in [0.3, 0.4) is 0 Å². The fourth-order valence-electron chi connectivity index (χ4n) is 0.935. The molecule has 0 aromatic heterocycles. The first-order chi connectivity index (χ1) is 4.70. The molecule has 3 N–H and O–H groups in total. The van der Waals surface area contributed by atoms with Gasteiger partial charge in [0.05, 0.1) is 6.10 Å². The molecule has 0 unspecified atom stereocenters. The van der Waals surface area contributed by atoms with Crippen molar-refractivity contribution >= 4 is 0 Å². The SMILES string of the molecule is CCN(CCN)C[C@@H](C)O. The zero-order chi connectivity index (χ0) is 7.98. The average Bonchev–Trinajstić information content (AvgIpc) is 1.86. The van der Waals surface area contributed by atoms with E-state index >= 15 is 0 Å². The minimum Gasteiger partial charge on any atom is -0.392 e. The van der Waals surface area contributed by atoms with E-state index in [2.05, 4.69) is 11.8 Å². The summed E-state index contributed by atoms with van der Waals surface area (Å²) in [7, 11) is 0. The van der Waals surface area contributed by atoms with Crippen molar-refractivity contribution in [2.24, 2.45) is 5.73 Å². The Bertz CT molecular complexity index is 76.0. The third kappa shape index (κ3) is 4.73. The number of nitrogens with two attached hydrogens (primary N) is 1.